The molecule has 6 rings (SSSR count). The van der Waals surface area contributed by atoms with E-state index >= 15 is 0 Å². The number of aliphatic hydroxyl groups is 1. The van der Waals surface area contributed by atoms with Gasteiger partial charge in [0.25, 0.3) is 5.91 Å². The van der Waals surface area contributed by atoms with E-state index in [0.717, 1.165) is 22.9 Å². The van der Waals surface area contributed by atoms with Gasteiger partial charge in [0, 0.05) is 23.4 Å². The van der Waals surface area contributed by atoms with Gasteiger partial charge >= 0.3 is 6.18 Å². The van der Waals surface area contributed by atoms with Crippen molar-refractivity contribution < 1.29 is 41.0 Å². The Bertz CT molecular complexity index is 1790. The highest BCUT2D eigenvalue weighted by Gasteiger charge is 2.58. The number of hydrogen-bond acceptors (Lipinski definition) is 5. The van der Waals surface area contributed by atoms with Crippen molar-refractivity contribution in [1.29, 1.82) is 0 Å². The molecule has 4 N–H and O–H groups in total. The molecule has 228 valence electrons. The van der Waals surface area contributed by atoms with E-state index in [-0.39, 0.29) is 40.4 Å². The third kappa shape index (κ3) is 5.41. The number of aliphatic hydroxyl groups excluding tert-OH is 1. The second-order valence-electron chi connectivity index (χ2n) is 10.9. The van der Waals surface area contributed by atoms with Crippen molar-refractivity contribution in [3.05, 3.63) is 106 Å². The molecule has 0 bridgehead atoms. The molecule has 2 aromatic carbocycles. The zero-order chi connectivity index (χ0) is 31.5. The van der Waals surface area contributed by atoms with Gasteiger partial charge in [-0.05, 0) is 66.1 Å². The molecule has 0 aliphatic heterocycles. The van der Waals surface area contributed by atoms with Gasteiger partial charge in [0.15, 0.2) is 5.69 Å². The van der Waals surface area contributed by atoms with Crippen LogP contribution in [0.25, 0.3) is 11.1 Å². The molecule has 1 unspecified atom stereocenters. The summed E-state index contributed by atoms with van der Waals surface area (Å²) in [5, 5.41) is 16.9. The summed E-state index contributed by atoms with van der Waals surface area (Å²) in [4.78, 5) is 29.5. The number of nitrogens with zero attached hydrogens (tertiary/aromatic N) is 3. The van der Waals surface area contributed by atoms with Gasteiger partial charge in [0.05, 0.1) is 29.1 Å². The van der Waals surface area contributed by atoms with Gasteiger partial charge in [-0.25, -0.2) is 13.2 Å². The predicted molar refractivity (Wildman–Crippen MR) is 142 cm³/mol. The van der Waals surface area contributed by atoms with Crippen LogP contribution in [0.2, 0.25) is 0 Å². The van der Waals surface area contributed by atoms with Crippen LogP contribution in [0.3, 0.4) is 0 Å². The van der Waals surface area contributed by atoms with E-state index in [1.807, 2.05) is 0 Å². The Morgan fingerprint density at radius 3 is 2.50 bits per heavy atom. The van der Waals surface area contributed by atoms with Gasteiger partial charge in [-0.3, -0.25) is 19.3 Å². The highest BCUT2D eigenvalue weighted by atomic mass is 19.4. The van der Waals surface area contributed by atoms with E-state index in [1.54, 1.807) is 6.07 Å². The van der Waals surface area contributed by atoms with Crippen molar-refractivity contribution in [1.82, 2.24) is 20.1 Å². The maximum Gasteiger partial charge on any atom is 0.435 e. The van der Waals surface area contributed by atoms with Crippen molar-refractivity contribution in [3.63, 3.8) is 0 Å². The normalized spacial score (nSPS) is 19.3. The SMILES string of the molecule is NC(=O)c1cc(-c2cccnc2[C@H](Cc2cc(F)cc(F)c2)NC(=O)Cn2nc(C(F)(F)F)c3c2[C@H](O)C2C[C@@H]32)ccc1F. The molecule has 0 spiro atoms. The average molecular weight is 616 g/mol. The summed E-state index contributed by atoms with van der Waals surface area (Å²) in [6.07, 6.45) is -4.45. The fourth-order valence-electron chi connectivity index (χ4n) is 5.97. The molecule has 1 saturated carbocycles. The molecular formula is C30H23F6N5O3. The number of nitrogens with two attached hydrogens (primary N) is 1. The molecule has 0 radical (unpaired) electrons. The quantitative estimate of drug-likeness (QED) is 0.248. The van der Waals surface area contributed by atoms with Crippen LogP contribution in [0.4, 0.5) is 26.3 Å². The first kappa shape index (κ1) is 29.4. The van der Waals surface area contributed by atoms with E-state index in [2.05, 4.69) is 15.4 Å². The van der Waals surface area contributed by atoms with Crippen LogP contribution >= 0.6 is 0 Å². The van der Waals surface area contributed by atoms with Crippen LogP contribution in [0, 0.1) is 23.4 Å². The third-order valence-electron chi connectivity index (χ3n) is 7.90. The van der Waals surface area contributed by atoms with Gasteiger partial charge in [-0.1, -0.05) is 12.1 Å². The maximum absolute atomic E-state index is 14.2. The zero-order valence-corrected chi connectivity index (χ0v) is 22.6. The number of nitrogens with one attached hydrogen (secondary N) is 1. The molecule has 2 amide bonds. The highest BCUT2D eigenvalue weighted by molar-refractivity contribution is 5.94. The number of primary amides is 1. The van der Waals surface area contributed by atoms with E-state index < -0.39 is 71.3 Å². The lowest BCUT2D eigenvalue weighted by Gasteiger charge is -2.22. The smallest absolute Gasteiger partial charge is 0.386 e. The van der Waals surface area contributed by atoms with Gasteiger partial charge in [0.2, 0.25) is 5.91 Å². The molecule has 44 heavy (non-hydrogen) atoms. The number of halogens is 6. The minimum Gasteiger partial charge on any atom is -0.386 e. The predicted octanol–water partition coefficient (Wildman–Crippen LogP) is 4.73. The number of pyridine rings is 1. The molecule has 14 heteroatoms. The van der Waals surface area contributed by atoms with Crippen LogP contribution in [-0.2, 0) is 23.9 Å². The highest BCUT2D eigenvalue weighted by Crippen LogP contribution is 2.63. The molecule has 8 nitrogen and oxygen atoms in total. The number of fused-ring (bicyclic) bond motifs is 3. The number of carbonyl (C=O) groups is 2. The number of alkyl halides is 3. The second-order valence-corrected chi connectivity index (χ2v) is 10.9. The Balaban J connectivity index is 1.37. The van der Waals surface area contributed by atoms with Gasteiger partial charge in [-0.15, -0.1) is 0 Å². The lowest BCUT2D eigenvalue weighted by atomic mass is 9.94. The molecule has 2 aliphatic rings. The lowest BCUT2D eigenvalue weighted by molar-refractivity contribution is -0.142. The first-order valence-electron chi connectivity index (χ1n) is 13.5. The fourth-order valence-corrected chi connectivity index (χ4v) is 5.97. The first-order valence-corrected chi connectivity index (χ1v) is 13.5. The summed E-state index contributed by atoms with van der Waals surface area (Å²) in [5.74, 6) is -5.33. The summed E-state index contributed by atoms with van der Waals surface area (Å²) in [5.41, 5.74) is 4.43. The van der Waals surface area contributed by atoms with E-state index in [4.69, 9.17) is 5.73 Å². The van der Waals surface area contributed by atoms with Crippen molar-refractivity contribution in [3.8, 4) is 11.1 Å². The van der Waals surface area contributed by atoms with E-state index in [0.29, 0.717) is 18.1 Å². The van der Waals surface area contributed by atoms with Gasteiger partial charge in [-0.2, -0.15) is 18.3 Å². The lowest BCUT2D eigenvalue weighted by Crippen LogP contribution is -2.34. The molecule has 2 aliphatic carbocycles. The van der Waals surface area contributed by atoms with Crippen LogP contribution in [0.1, 0.15) is 63.1 Å². The number of amides is 2. The molecule has 1 fully saturated rings. The minimum atomic E-state index is -4.80. The summed E-state index contributed by atoms with van der Waals surface area (Å²) in [6.45, 7) is -0.701. The Morgan fingerprint density at radius 2 is 1.82 bits per heavy atom. The van der Waals surface area contributed by atoms with Crippen molar-refractivity contribution in [2.75, 3.05) is 0 Å². The summed E-state index contributed by atoms with van der Waals surface area (Å²) < 4.78 is 84.6. The van der Waals surface area contributed by atoms with Crippen LogP contribution < -0.4 is 11.1 Å². The van der Waals surface area contributed by atoms with Crippen LogP contribution in [-0.4, -0.2) is 31.7 Å². The average Bonchev–Trinajstić information content (AvgIpc) is 3.56. The van der Waals surface area contributed by atoms with Crippen LogP contribution in [0.15, 0.2) is 54.7 Å². The summed E-state index contributed by atoms with van der Waals surface area (Å²) in [7, 11) is 0. The number of benzene rings is 2. The number of aromatic nitrogens is 3. The van der Waals surface area contributed by atoms with Crippen molar-refractivity contribution in [2.24, 2.45) is 11.7 Å². The third-order valence-corrected chi connectivity index (χ3v) is 7.90. The molecule has 4 atom stereocenters. The van der Waals surface area contributed by atoms with Crippen molar-refractivity contribution >= 4 is 11.8 Å². The standard InChI is InChI=1S/C30H23F6N5O3/c31-15-6-13(7-16(32)10-15)8-22(25-17(2-1-5-38-25)14-3-4-21(33)20(9-14)29(37)44)39-23(42)12-41-26-24(18-11-19(18)27(26)43)28(40-41)30(34,35)36/h1-7,9-10,18-19,22,27,43H,8,11-12H2,(H2,37,44)(H,39,42)/t18-,19?,22+,27-/m1/s1. The Kier molecular flexibility index (Phi) is 7.19. The van der Waals surface area contributed by atoms with Crippen molar-refractivity contribution in [2.45, 2.75) is 43.6 Å². The second kappa shape index (κ2) is 10.8. The molecule has 4 aromatic rings. The molecular weight excluding hydrogens is 592 g/mol. The van der Waals surface area contributed by atoms with E-state index in [9.17, 15) is 41.0 Å². The summed E-state index contributed by atoms with van der Waals surface area (Å²) >= 11 is 0. The first-order chi connectivity index (χ1) is 20.8. The molecule has 0 saturated heterocycles. The van der Waals surface area contributed by atoms with Gasteiger partial charge in [0.1, 0.15) is 24.0 Å². The summed E-state index contributed by atoms with van der Waals surface area (Å²) in [6, 6.07) is 8.30. The van der Waals surface area contributed by atoms with Gasteiger partial charge < -0.3 is 16.2 Å². The Labute approximate surface area is 245 Å². The monoisotopic (exact) mass is 615 g/mol. The number of hydrogen-bond donors (Lipinski definition) is 3. The topological polar surface area (TPSA) is 123 Å². The zero-order valence-electron chi connectivity index (χ0n) is 22.6. The molecule has 2 aromatic heterocycles. The Morgan fingerprint density at radius 1 is 1.09 bits per heavy atom. The Hall–Kier alpha value is -4.72. The van der Waals surface area contributed by atoms with E-state index in [1.165, 1.54) is 24.4 Å². The van der Waals surface area contributed by atoms with Crippen LogP contribution in [0.5, 0.6) is 0 Å². The number of carbonyl (C=O) groups excluding carboxylic acids is 2. The minimum absolute atomic E-state index is 0.0682. The maximum atomic E-state index is 14.2. The molecule has 2 heterocycles. The number of rotatable bonds is 8. The largest absolute Gasteiger partial charge is 0.435 e. The fraction of sp³-hybridized carbons (Fsp3) is 0.267.